The fourth-order valence-electron chi connectivity index (χ4n) is 3.73. The van der Waals surface area contributed by atoms with Gasteiger partial charge in [-0.2, -0.15) is 0 Å². The third kappa shape index (κ3) is 3.90. The molecule has 2 aromatic rings. The van der Waals surface area contributed by atoms with Crippen LogP contribution in [0.2, 0.25) is 5.02 Å². The molecule has 1 aliphatic carbocycles. The highest BCUT2D eigenvalue weighted by Gasteiger charge is 2.27. The Morgan fingerprint density at radius 1 is 1.07 bits per heavy atom. The Labute approximate surface area is 169 Å². The van der Waals surface area contributed by atoms with Gasteiger partial charge in [0, 0.05) is 41.5 Å². The molecule has 0 radical (unpaired) electrons. The number of carbonyl (C=O) groups excluding carboxylic acids is 2. The van der Waals surface area contributed by atoms with Gasteiger partial charge in [-0.25, -0.2) is 0 Å². The number of halogens is 1. The van der Waals surface area contributed by atoms with E-state index in [-0.39, 0.29) is 22.8 Å². The van der Waals surface area contributed by atoms with E-state index in [2.05, 4.69) is 0 Å². The number of amides is 1. The van der Waals surface area contributed by atoms with Crippen LogP contribution in [0.5, 0.6) is 0 Å². The lowest BCUT2D eigenvalue weighted by atomic mass is 9.92. The lowest BCUT2D eigenvalue weighted by Gasteiger charge is -2.25. The molecule has 0 aliphatic heterocycles. The molecule has 0 bridgehead atoms. The van der Waals surface area contributed by atoms with Gasteiger partial charge >= 0.3 is 0 Å². The number of aromatic nitrogens is 1. The molecular weight excluding hydrogens is 376 g/mol. The molecule has 148 valence electrons. The Kier molecular flexibility index (Phi) is 6.35. The Balaban J connectivity index is 2.22. The molecule has 1 aliphatic rings. The van der Waals surface area contributed by atoms with Gasteiger partial charge in [0.15, 0.2) is 5.78 Å². The summed E-state index contributed by atoms with van der Waals surface area (Å²) in [6.45, 7) is 5.16. The van der Waals surface area contributed by atoms with Crippen LogP contribution in [0.15, 0.2) is 35.1 Å². The summed E-state index contributed by atoms with van der Waals surface area (Å²) in [4.78, 5) is 40.8. The quantitative estimate of drug-likeness (QED) is 0.727. The van der Waals surface area contributed by atoms with Gasteiger partial charge in [-0.05, 0) is 56.0 Å². The fraction of sp³-hybridized carbons (Fsp3) is 0.409. The first-order valence-electron chi connectivity index (χ1n) is 9.85. The van der Waals surface area contributed by atoms with E-state index in [9.17, 15) is 14.4 Å². The largest absolute Gasteiger partial charge is 0.338 e. The maximum atomic E-state index is 13.4. The maximum Gasteiger partial charge on any atom is 0.268 e. The zero-order valence-electron chi connectivity index (χ0n) is 16.3. The molecule has 0 N–H and O–H groups in total. The topological polar surface area (TPSA) is 59.4 Å². The summed E-state index contributed by atoms with van der Waals surface area (Å²) < 4.78 is 1.52. The zero-order chi connectivity index (χ0) is 20.3. The second kappa shape index (κ2) is 8.74. The van der Waals surface area contributed by atoms with Gasteiger partial charge in [0.2, 0.25) is 0 Å². The van der Waals surface area contributed by atoms with Gasteiger partial charge in [0.25, 0.3) is 11.5 Å². The van der Waals surface area contributed by atoms with Crippen molar-refractivity contribution in [1.82, 2.24) is 9.47 Å². The summed E-state index contributed by atoms with van der Waals surface area (Å²) in [5.74, 6) is -0.326. The monoisotopic (exact) mass is 400 g/mol. The van der Waals surface area contributed by atoms with Crippen LogP contribution in [-0.4, -0.2) is 34.2 Å². The van der Waals surface area contributed by atoms with Crippen molar-refractivity contribution >= 4 is 23.3 Å². The van der Waals surface area contributed by atoms with Crippen LogP contribution in [0, 0.1) is 0 Å². The van der Waals surface area contributed by atoms with Gasteiger partial charge in [-0.1, -0.05) is 25.4 Å². The second-order valence-electron chi connectivity index (χ2n) is 7.10. The van der Waals surface area contributed by atoms with Crippen molar-refractivity contribution < 1.29 is 9.59 Å². The Morgan fingerprint density at radius 2 is 1.71 bits per heavy atom. The summed E-state index contributed by atoms with van der Waals surface area (Å²) in [6, 6.07) is 8.41. The van der Waals surface area contributed by atoms with E-state index in [0.717, 1.165) is 12.8 Å². The highest BCUT2D eigenvalue weighted by atomic mass is 35.5. The first-order valence-corrected chi connectivity index (χ1v) is 10.2. The molecule has 1 heterocycles. The summed E-state index contributed by atoms with van der Waals surface area (Å²) in [7, 11) is 0. The summed E-state index contributed by atoms with van der Waals surface area (Å²) >= 11 is 6.00. The molecule has 3 rings (SSSR count). The van der Waals surface area contributed by atoms with Crippen LogP contribution in [0.4, 0.5) is 0 Å². The fourth-order valence-corrected chi connectivity index (χ4v) is 3.86. The summed E-state index contributed by atoms with van der Waals surface area (Å²) in [5.41, 5.74) is 1.46. The van der Waals surface area contributed by atoms with E-state index in [0.29, 0.717) is 54.3 Å². The Morgan fingerprint density at radius 3 is 2.32 bits per heavy atom. The molecule has 28 heavy (non-hydrogen) atoms. The van der Waals surface area contributed by atoms with Crippen molar-refractivity contribution in [2.24, 2.45) is 0 Å². The van der Waals surface area contributed by atoms with E-state index in [1.54, 1.807) is 29.2 Å². The number of rotatable bonds is 6. The standard InChI is InChI=1S/C22H25ClN2O3/c1-3-12-24(13-4-2)21(27)18-14-17-19(6-5-7-20(17)26)25(22(18)28)16-10-8-15(23)9-11-16/h8-11,14H,3-7,12-13H2,1-2H3. The van der Waals surface area contributed by atoms with Crippen molar-refractivity contribution in [2.75, 3.05) is 13.1 Å². The second-order valence-corrected chi connectivity index (χ2v) is 7.54. The van der Waals surface area contributed by atoms with Crippen LogP contribution < -0.4 is 5.56 Å². The van der Waals surface area contributed by atoms with Crippen LogP contribution >= 0.6 is 11.6 Å². The zero-order valence-corrected chi connectivity index (χ0v) is 17.1. The van der Waals surface area contributed by atoms with Gasteiger partial charge in [-0.3, -0.25) is 19.0 Å². The molecule has 0 saturated heterocycles. The highest BCUT2D eigenvalue weighted by Crippen LogP contribution is 2.24. The van der Waals surface area contributed by atoms with E-state index in [1.807, 2.05) is 13.8 Å². The lowest BCUT2D eigenvalue weighted by Crippen LogP contribution is -2.39. The molecule has 1 amide bonds. The van der Waals surface area contributed by atoms with Crippen molar-refractivity contribution in [3.63, 3.8) is 0 Å². The molecule has 0 unspecified atom stereocenters. The average molecular weight is 401 g/mol. The molecule has 0 spiro atoms. The van der Waals surface area contributed by atoms with E-state index >= 15 is 0 Å². The number of pyridine rings is 1. The van der Waals surface area contributed by atoms with Gasteiger partial charge in [0.1, 0.15) is 5.56 Å². The minimum Gasteiger partial charge on any atom is -0.338 e. The third-order valence-electron chi connectivity index (χ3n) is 5.01. The minimum absolute atomic E-state index is 0.0180. The van der Waals surface area contributed by atoms with Gasteiger partial charge in [0.05, 0.1) is 0 Å². The van der Waals surface area contributed by atoms with E-state index in [1.165, 1.54) is 10.6 Å². The average Bonchev–Trinajstić information content (AvgIpc) is 2.68. The van der Waals surface area contributed by atoms with Crippen LogP contribution in [0.25, 0.3) is 5.69 Å². The number of Topliss-reactive ketones (excluding diaryl/α,β-unsaturated/α-hetero) is 1. The summed E-state index contributed by atoms with van der Waals surface area (Å²) in [5, 5.41) is 0.561. The minimum atomic E-state index is -0.377. The predicted octanol–water partition coefficient (Wildman–Crippen LogP) is 4.27. The van der Waals surface area contributed by atoms with Crippen LogP contribution in [-0.2, 0) is 6.42 Å². The van der Waals surface area contributed by atoms with Crippen LogP contribution in [0.1, 0.15) is 65.9 Å². The van der Waals surface area contributed by atoms with Gasteiger partial charge < -0.3 is 4.90 Å². The number of hydrogen-bond acceptors (Lipinski definition) is 3. The molecule has 5 nitrogen and oxygen atoms in total. The highest BCUT2D eigenvalue weighted by molar-refractivity contribution is 6.30. The third-order valence-corrected chi connectivity index (χ3v) is 5.26. The van der Waals surface area contributed by atoms with Crippen molar-refractivity contribution in [3.8, 4) is 5.69 Å². The van der Waals surface area contributed by atoms with Crippen molar-refractivity contribution in [3.05, 3.63) is 62.5 Å². The Hall–Kier alpha value is -2.40. The number of nitrogens with zero attached hydrogens (tertiary/aromatic N) is 2. The lowest BCUT2D eigenvalue weighted by molar-refractivity contribution is 0.0753. The normalized spacial score (nSPS) is 13.3. The number of ketones is 1. The SMILES string of the molecule is CCCN(CCC)C(=O)c1cc2c(n(-c3ccc(Cl)cc3)c1=O)CCCC2=O. The molecule has 1 aromatic heterocycles. The molecule has 6 heteroatoms. The Bertz CT molecular complexity index is 941. The first-order chi connectivity index (χ1) is 13.5. The summed E-state index contributed by atoms with van der Waals surface area (Å²) in [6.07, 6.45) is 3.38. The van der Waals surface area contributed by atoms with Gasteiger partial charge in [-0.15, -0.1) is 0 Å². The van der Waals surface area contributed by atoms with Crippen molar-refractivity contribution in [1.29, 1.82) is 0 Å². The smallest absolute Gasteiger partial charge is 0.268 e. The molecular formula is C22H25ClN2O3. The maximum absolute atomic E-state index is 13.4. The van der Waals surface area contributed by atoms with E-state index in [4.69, 9.17) is 11.6 Å². The van der Waals surface area contributed by atoms with Crippen molar-refractivity contribution in [2.45, 2.75) is 46.0 Å². The first kappa shape index (κ1) is 20.3. The van der Waals surface area contributed by atoms with E-state index < -0.39 is 0 Å². The predicted molar refractivity (Wildman–Crippen MR) is 111 cm³/mol. The number of benzene rings is 1. The molecule has 0 atom stereocenters. The molecule has 0 fully saturated rings. The number of hydrogen-bond donors (Lipinski definition) is 0. The molecule has 1 aromatic carbocycles. The van der Waals surface area contributed by atoms with Crippen LogP contribution in [0.3, 0.4) is 0 Å². The number of carbonyl (C=O) groups is 2. The molecule has 0 saturated carbocycles. The number of fused-ring (bicyclic) bond motifs is 1.